The number of fused-ring (bicyclic) bond motifs is 1. The Hall–Kier alpha value is -3.09. The van der Waals surface area contributed by atoms with Crippen molar-refractivity contribution >= 4 is 22.8 Å². The molecule has 0 spiro atoms. The third kappa shape index (κ3) is 3.78. The van der Waals surface area contributed by atoms with Crippen molar-refractivity contribution in [1.82, 2.24) is 14.5 Å². The van der Waals surface area contributed by atoms with Gasteiger partial charge in [-0.15, -0.1) is 0 Å². The minimum Gasteiger partial charge on any atom is -0.494 e. The number of carbonyl (C=O) groups excluding carboxylic acids is 1. The van der Waals surface area contributed by atoms with Gasteiger partial charge in [-0.1, -0.05) is 0 Å². The normalized spacial score (nSPS) is 15.0. The molecule has 0 radical (unpaired) electrons. The lowest BCUT2D eigenvalue weighted by molar-refractivity contribution is 0.184. The average Bonchev–Trinajstić information content (AvgIpc) is 3.13. The van der Waals surface area contributed by atoms with Crippen molar-refractivity contribution in [3.63, 3.8) is 0 Å². The highest BCUT2D eigenvalue weighted by Gasteiger charge is 2.24. The van der Waals surface area contributed by atoms with Crippen molar-refractivity contribution in [2.75, 3.05) is 25.0 Å². The number of hydrogen-bond donors (Lipinski definition) is 1. The zero-order valence-corrected chi connectivity index (χ0v) is 15.8. The van der Waals surface area contributed by atoms with Gasteiger partial charge in [0.25, 0.3) is 0 Å². The van der Waals surface area contributed by atoms with Crippen LogP contribution < -0.4 is 10.1 Å². The molecule has 2 heterocycles. The van der Waals surface area contributed by atoms with E-state index in [-0.39, 0.29) is 17.9 Å². The number of anilines is 1. The number of amides is 2. The lowest BCUT2D eigenvalue weighted by atomic mass is 10.0. The maximum Gasteiger partial charge on any atom is 0.321 e. The molecule has 4 rings (SSSR count). The van der Waals surface area contributed by atoms with Crippen LogP contribution in [0.3, 0.4) is 0 Å². The number of halogens is 1. The van der Waals surface area contributed by atoms with Crippen molar-refractivity contribution in [2.45, 2.75) is 25.8 Å². The summed E-state index contributed by atoms with van der Waals surface area (Å²) in [5, 5.41) is 2.94. The molecular formula is C21H23FN4O2. The molecular weight excluding hydrogens is 359 g/mol. The Bertz CT molecular complexity index is 962. The van der Waals surface area contributed by atoms with E-state index in [9.17, 15) is 9.18 Å². The van der Waals surface area contributed by atoms with Gasteiger partial charge in [-0.25, -0.2) is 14.2 Å². The molecule has 1 saturated heterocycles. The van der Waals surface area contributed by atoms with E-state index < -0.39 is 0 Å². The summed E-state index contributed by atoms with van der Waals surface area (Å²) in [6, 6.07) is 12.2. The van der Waals surface area contributed by atoms with Gasteiger partial charge in [-0.2, -0.15) is 0 Å². The smallest absolute Gasteiger partial charge is 0.321 e. The van der Waals surface area contributed by atoms with Gasteiger partial charge in [0.1, 0.15) is 11.6 Å². The number of piperidine rings is 1. The highest BCUT2D eigenvalue weighted by atomic mass is 19.1. The standard InChI is InChI=1S/C21H23FN4O2/c1-2-28-18-6-4-16(5-7-18)24-21(27)25-11-9-17(10-12-25)26-14-23-19-13-15(22)3-8-20(19)26/h3-8,13-14,17H,2,9-12H2,1H3,(H,24,27). The third-order valence-corrected chi connectivity index (χ3v) is 5.10. The molecule has 0 atom stereocenters. The number of nitrogens with zero attached hydrogens (tertiary/aromatic N) is 3. The fraction of sp³-hybridized carbons (Fsp3) is 0.333. The predicted molar refractivity (Wildman–Crippen MR) is 106 cm³/mol. The van der Waals surface area contributed by atoms with Gasteiger partial charge in [-0.05, 0) is 56.2 Å². The Morgan fingerprint density at radius 2 is 1.96 bits per heavy atom. The molecule has 0 unspecified atom stereocenters. The summed E-state index contributed by atoms with van der Waals surface area (Å²) in [4.78, 5) is 18.7. The van der Waals surface area contributed by atoms with Crippen LogP contribution in [0.5, 0.6) is 5.75 Å². The van der Waals surface area contributed by atoms with E-state index in [1.165, 1.54) is 12.1 Å². The molecule has 1 N–H and O–H groups in total. The lowest BCUT2D eigenvalue weighted by Gasteiger charge is -2.32. The number of ether oxygens (including phenoxy) is 1. The average molecular weight is 382 g/mol. The van der Waals surface area contributed by atoms with Crippen LogP contribution in [-0.4, -0.2) is 40.2 Å². The highest BCUT2D eigenvalue weighted by molar-refractivity contribution is 5.89. The van der Waals surface area contributed by atoms with Crippen molar-refractivity contribution in [1.29, 1.82) is 0 Å². The Balaban J connectivity index is 1.36. The first-order valence-electron chi connectivity index (χ1n) is 9.55. The monoisotopic (exact) mass is 382 g/mol. The predicted octanol–water partition coefficient (Wildman–Crippen LogP) is 4.44. The zero-order chi connectivity index (χ0) is 19.5. The molecule has 2 aromatic carbocycles. The first-order chi connectivity index (χ1) is 13.6. The third-order valence-electron chi connectivity index (χ3n) is 5.10. The second-order valence-electron chi connectivity index (χ2n) is 6.89. The summed E-state index contributed by atoms with van der Waals surface area (Å²) >= 11 is 0. The molecule has 0 saturated carbocycles. The van der Waals surface area contributed by atoms with Gasteiger partial charge in [0.2, 0.25) is 0 Å². The van der Waals surface area contributed by atoms with Gasteiger partial charge in [0.15, 0.2) is 0 Å². The summed E-state index contributed by atoms with van der Waals surface area (Å²) in [6.07, 6.45) is 3.43. The number of carbonyl (C=O) groups is 1. The van der Waals surface area contributed by atoms with Crippen LogP contribution in [0.15, 0.2) is 48.8 Å². The van der Waals surface area contributed by atoms with Crippen molar-refractivity contribution in [3.8, 4) is 5.75 Å². The molecule has 3 aromatic rings. The van der Waals surface area contributed by atoms with Crippen LogP contribution in [0.1, 0.15) is 25.8 Å². The number of imidazole rings is 1. The Morgan fingerprint density at radius 3 is 2.68 bits per heavy atom. The summed E-state index contributed by atoms with van der Waals surface area (Å²) in [5.41, 5.74) is 2.34. The number of urea groups is 1. The van der Waals surface area contributed by atoms with Crippen LogP contribution in [0, 0.1) is 5.82 Å². The van der Waals surface area contributed by atoms with E-state index in [0.717, 1.165) is 29.8 Å². The largest absolute Gasteiger partial charge is 0.494 e. The molecule has 1 fully saturated rings. The molecule has 1 aliphatic rings. The molecule has 1 aromatic heterocycles. The van der Waals surface area contributed by atoms with Crippen LogP contribution in [0.4, 0.5) is 14.9 Å². The summed E-state index contributed by atoms with van der Waals surface area (Å²) in [6.45, 7) is 3.87. The zero-order valence-electron chi connectivity index (χ0n) is 15.8. The van der Waals surface area contributed by atoms with Crippen LogP contribution in [-0.2, 0) is 0 Å². The summed E-state index contributed by atoms with van der Waals surface area (Å²) in [5.74, 6) is 0.507. The maximum atomic E-state index is 13.4. The quantitative estimate of drug-likeness (QED) is 0.726. The number of likely N-dealkylation sites (tertiary alicyclic amines) is 1. The molecule has 28 heavy (non-hydrogen) atoms. The topological polar surface area (TPSA) is 59.4 Å². The second-order valence-corrected chi connectivity index (χ2v) is 6.89. The first-order valence-corrected chi connectivity index (χ1v) is 9.55. The minimum absolute atomic E-state index is 0.0971. The molecule has 0 aliphatic carbocycles. The maximum absolute atomic E-state index is 13.4. The van der Waals surface area contributed by atoms with Gasteiger partial charge < -0.3 is 19.5 Å². The second kappa shape index (κ2) is 7.88. The van der Waals surface area contributed by atoms with E-state index in [4.69, 9.17) is 4.74 Å². The van der Waals surface area contributed by atoms with E-state index in [2.05, 4.69) is 14.9 Å². The summed E-state index contributed by atoms with van der Waals surface area (Å²) in [7, 11) is 0. The van der Waals surface area contributed by atoms with Crippen LogP contribution >= 0.6 is 0 Å². The number of benzene rings is 2. The van der Waals surface area contributed by atoms with Crippen molar-refractivity contribution in [3.05, 3.63) is 54.6 Å². The fourth-order valence-corrected chi connectivity index (χ4v) is 3.65. The molecule has 6 nitrogen and oxygen atoms in total. The van der Waals surface area contributed by atoms with Gasteiger partial charge >= 0.3 is 6.03 Å². The Morgan fingerprint density at radius 1 is 1.21 bits per heavy atom. The number of aromatic nitrogens is 2. The Kier molecular flexibility index (Phi) is 5.14. The number of rotatable bonds is 4. The molecule has 0 bridgehead atoms. The fourth-order valence-electron chi connectivity index (χ4n) is 3.65. The number of hydrogen-bond acceptors (Lipinski definition) is 3. The van der Waals surface area contributed by atoms with Gasteiger partial charge in [0, 0.05) is 30.9 Å². The van der Waals surface area contributed by atoms with E-state index in [0.29, 0.717) is 25.2 Å². The van der Waals surface area contributed by atoms with Crippen molar-refractivity contribution < 1.29 is 13.9 Å². The van der Waals surface area contributed by atoms with E-state index in [1.54, 1.807) is 12.4 Å². The number of nitrogens with one attached hydrogen (secondary N) is 1. The van der Waals surface area contributed by atoms with Crippen LogP contribution in [0.25, 0.3) is 11.0 Å². The molecule has 146 valence electrons. The highest BCUT2D eigenvalue weighted by Crippen LogP contribution is 2.27. The minimum atomic E-state index is -0.279. The first kappa shape index (κ1) is 18.3. The van der Waals surface area contributed by atoms with Crippen LogP contribution in [0.2, 0.25) is 0 Å². The summed E-state index contributed by atoms with van der Waals surface area (Å²) < 4.78 is 20.9. The van der Waals surface area contributed by atoms with Gasteiger partial charge in [0.05, 0.1) is 24.0 Å². The molecule has 7 heteroatoms. The van der Waals surface area contributed by atoms with Crippen molar-refractivity contribution in [2.24, 2.45) is 0 Å². The van der Waals surface area contributed by atoms with E-state index in [1.807, 2.05) is 36.1 Å². The van der Waals surface area contributed by atoms with Gasteiger partial charge in [-0.3, -0.25) is 0 Å². The van der Waals surface area contributed by atoms with E-state index >= 15 is 0 Å². The molecule has 2 amide bonds. The Labute approximate surface area is 162 Å². The SMILES string of the molecule is CCOc1ccc(NC(=O)N2CCC(n3cnc4cc(F)ccc43)CC2)cc1. The molecule has 1 aliphatic heterocycles. The lowest BCUT2D eigenvalue weighted by Crippen LogP contribution is -2.41.